The van der Waals surface area contributed by atoms with Crippen LogP contribution in [0.3, 0.4) is 0 Å². The molecule has 0 unspecified atom stereocenters. The second-order valence-electron chi connectivity index (χ2n) is 5.45. The average Bonchev–Trinajstić information content (AvgIpc) is 3.04. The number of guanidine groups is 1. The van der Waals surface area contributed by atoms with E-state index in [2.05, 4.69) is 33.6 Å². The fourth-order valence-corrected chi connectivity index (χ4v) is 2.26. The van der Waals surface area contributed by atoms with Crippen molar-refractivity contribution < 1.29 is 4.74 Å². The number of aryl methyl sites for hydroxylation is 1. The minimum Gasteiger partial charge on any atom is -0.481 e. The molecule has 0 saturated heterocycles. The van der Waals surface area contributed by atoms with E-state index in [1.165, 1.54) is 5.56 Å². The van der Waals surface area contributed by atoms with Crippen molar-refractivity contribution >= 4 is 5.96 Å². The molecule has 6 heteroatoms. The second-order valence-corrected chi connectivity index (χ2v) is 5.45. The Kier molecular flexibility index (Phi) is 7.39. The van der Waals surface area contributed by atoms with E-state index in [-0.39, 0.29) is 0 Å². The van der Waals surface area contributed by atoms with Crippen LogP contribution in [0, 0.1) is 12.3 Å². The van der Waals surface area contributed by atoms with Crippen molar-refractivity contribution in [3.05, 3.63) is 47.8 Å². The number of hydrogen-bond donors (Lipinski definition) is 2. The lowest BCUT2D eigenvalue weighted by atomic mass is 10.1. The van der Waals surface area contributed by atoms with E-state index in [0.29, 0.717) is 13.2 Å². The van der Waals surface area contributed by atoms with E-state index < -0.39 is 0 Å². The van der Waals surface area contributed by atoms with Gasteiger partial charge in [-0.05, 0) is 37.1 Å². The Morgan fingerprint density at radius 3 is 2.72 bits per heavy atom. The summed E-state index contributed by atoms with van der Waals surface area (Å²) >= 11 is 0. The molecule has 1 heterocycles. The minimum atomic E-state index is 0.292. The molecule has 0 saturated carbocycles. The molecule has 0 aliphatic heterocycles. The number of nitrogens with zero attached hydrogens (tertiary/aromatic N) is 3. The minimum absolute atomic E-state index is 0.292. The fourth-order valence-electron chi connectivity index (χ4n) is 2.26. The number of rotatable bonds is 8. The van der Waals surface area contributed by atoms with Crippen LogP contribution in [0.2, 0.25) is 0 Å². The first-order chi connectivity index (χ1) is 12.2. The molecule has 2 N–H and O–H groups in total. The molecule has 0 fully saturated rings. The predicted octanol–water partition coefficient (Wildman–Crippen LogP) is 1.73. The smallest absolute Gasteiger partial charge is 0.191 e. The fraction of sp³-hybridized carbons (Fsp3) is 0.368. The SMILES string of the molecule is C#CCOc1ccc(CCNC(=NCc2ccnn2C)NCC)cc1. The summed E-state index contributed by atoms with van der Waals surface area (Å²) < 4.78 is 7.20. The van der Waals surface area contributed by atoms with Crippen molar-refractivity contribution in [2.45, 2.75) is 19.9 Å². The van der Waals surface area contributed by atoms with Crippen molar-refractivity contribution in [2.24, 2.45) is 12.0 Å². The van der Waals surface area contributed by atoms with E-state index >= 15 is 0 Å². The van der Waals surface area contributed by atoms with Crippen LogP contribution in [-0.2, 0) is 20.0 Å². The van der Waals surface area contributed by atoms with Crippen LogP contribution in [0.5, 0.6) is 5.75 Å². The maximum Gasteiger partial charge on any atom is 0.191 e. The van der Waals surface area contributed by atoms with Gasteiger partial charge in [-0.2, -0.15) is 5.10 Å². The highest BCUT2D eigenvalue weighted by molar-refractivity contribution is 5.79. The number of aromatic nitrogens is 2. The summed E-state index contributed by atoms with van der Waals surface area (Å²) in [6, 6.07) is 9.94. The summed E-state index contributed by atoms with van der Waals surface area (Å²) in [5.41, 5.74) is 2.29. The molecule has 132 valence electrons. The molecule has 6 nitrogen and oxygen atoms in total. The third kappa shape index (κ3) is 6.22. The first-order valence-corrected chi connectivity index (χ1v) is 8.37. The van der Waals surface area contributed by atoms with Crippen molar-refractivity contribution in [1.82, 2.24) is 20.4 Å². The van der Waals surface area contributed by atoms with E-state index in [9.17, 15) is 0 Å². The number of aliphatic imine (C=N–C) groups is 1. The predicted molar refractivity (Wildman–Crippen MR) is 101 cm³/mol. The van der Waals surface area contributed by atoms with E-state index in [4.69, 9.17) is 11.2 Å². The molecule has 0 radical (unpaired) electrons. The average molecular weight is 339 g/mol. The molecule has 1 aromatic carbocycles. The molecule has 0 spiro atoms. The molecule has 1 aromatic heterocycles. The molecule has 0 atom stereocenters. The van der Waals surface area contributed by atoms with Gasteiger partial charge in [0.25, 0.3) is 0 Å². The normalized spacial score (nSPS) is 11.0. The summed E-state index contributed by atoms with van der Waals surface area (Å²) in [7, 11) is 1.92. The second kappa shape index (κ2) is 10.0. The number of ether oxygens (including phenoxy) is 1. The van der Waals surface area contributed by atoms with Crippen LogP contribution in [0.15, 0.2) is 41.5 Å². The standard InChI is InChI=1S/C19H25N5O/c1-4-14-25-18-8-6-16(7-9-18)10-12-21-19(20-5-2)22-15-17-11-13-23-24(17)3/h1,6-9,11,13H,5,10,12,14-15H2,2-3H3,(H2,20,21,22). The van der Waals surface area contributed by atoms with Crippen LogP contribution >= 0.6 is 0 Å². The molecule has 0 aliphatic rings. The Labute approximate surface area is 149 Å². The first kappa shape index (κ1) is 18.4. The highest BCUT2D eigenvalue weighted by atomic mass is 16.5. The number of hydrogen-bond acceptors (Lipinski definition) is 3. The zero-order valence-corrected chi connectivity index (χ0v) is 14.8. The van der Waals surface area contributed by atoms with Gasteiger partial charge in [0.05, 0.1) is 12.2 Å². The van der Waals surface area contributed by atoms with Gasteiger partial charge in [0.2, 0.25) is 0 Å². The Bertz CT molecular complexity index is 712. The first-order valence-electron chi connectivity index (χ1n) is 8.37. The van der Waals surface area contributed by atoms with Crippen LogP contribution in [0.1, 0.15) is 18.2 Å². The summed E-state index contributed by atoms with van der Waals surface area (Å²) in [4.78, 5) is 4.59. The molecular weight excluding hydrogens is 314 g/mol. The third-order valence-electron chi connectivity index (χ3n) is 3.62. The van der Waals surface area contributed by atoms with E-state index in [1.807, 2.05) is 42.1 Å². The number of terminal acetylenes is 1. The summed E-state index contributed by atoms with van der Waals surface area (Å²) in [5, 5.41) is 10.8. The highest BCUT2D eigenvalue weighted by Gasteiger charge is 2.01. The lowest BCUT2D eigenvalue weighted by Crippen LogP contribution is -2.38. The topological polar surface area (TPSA) is 63.5 Å². The third-order valence-corrected chi connectivity index (χ3v) is 3.62. The summed E-state index contributed by atoms with van der Waals surface area (Å²) in [6.07, 6.45) is 7.86. The molecule has 0 bridgehead atoms. The van der Waals surface area contributed by atoms with Gasteiger partial charge >= 0.3 is 0 Å². The van der Waals surface area contributed by atoms with Crippen molar-refractivity contribution in [3.63, 3.8) is 0 Å². The van der Waals surface area contributed by atoms with Crippen LogP contribution < -0.4 is 15.4 Å². The summed E-state index contributed by atoms with van der Waals surface area (Å²) in [6.45, 7) is 4.55. The van der Waals surface area contributed by atoms with Gasteiger partial charge in [0.15, 0.2) is 5.96 Å². The van der Waals surface area contributed by atoms with Gasteiger partial charge < -0.3 is 15.4 Å². The molecule has 0 aliphatic carbocycles. The lowest BCUT2D eigenvalue weighted by Gasteiger charge is -2.11. The maximum absolute atomic E-state index is 5.37. The lowest BCUT2D eigenvalue weighted by molar-refractivity contribution is 0.370. The van der Waals surface area contributed by atoms with Gasteiger partial charge in [-0.1, -0.05) is 18.1 Å². The van der Waals surface area contributed by atoms with Crippen molar-refractivity contribution in [1.29, 1.82) is 0 Å². The van der Waals surface area contributed by atoms with E-state index in [1.54, 1.807) is 6.20 Å². The maximum atomic E-state index is 5.37. The largest absolute Gasteiger partial charge is 0.481 e. The Balaban J connectivity index is 1.82. The van der Waals surface area contributed by atoms with Gasteiger partial charge in [-0.3, -0.25) is 4.68 Å². The van der Waals surface area contributed by atoms with Crippen LogP contribution in [-0.4, -0.2) is 35.4 Å². The number of benzene rings is 1. The highest BCUT2D eigenvalue weighted by Crippen LogP contribution is 2.12. The van der Waals surface area contributed by atoms with Crippen molar-refractivity contribution in [3.8, 4) is 18.1 Å². The van der Waals surface area contributed by atoms with Gasteiger partial charge in [0, 0.05) is 26.3 Å². The summed E-state index contributed by atoms with van der Waals surface area (Å²) in [5.74, 6) is 4.05. The van der Waals surface area contributed by atoms with Crippen LogP contribution in [0.25, 0.3) is 0 Å². The van der Waals surface area contributed by atoms with Gasteiger partial charge in [-0.25, -0.2) is 4.99 Å². The number of nitrogens with one attached hydrogen (secondary N) is 2. The van der Waals surface area contributed by atoms with Gasteiger partial charge in [-0.15, -0.1) is 6.42 Å². The Hall–Kier alpha value is -2.94. The zero-order chi connectivity index (χ0) is 17.9. The molecule has 0 amide bonds. The molecular formula is C19H25N5O. The zero-order valence-electron chi connectivity index (χ0n) is 14.8. The quantitative estimate of drug-likeness (QED) is 0.437. The Morgan fingerprint density at radius 1 is 1.28 bits per heavy atom. The monoisotopic (exact) mass is 339 g/mol. The van der Waals surface area contributed by atoms with Crippen LogP contribution in [0.4, 0.5) is 0 Å². The molecule has 25 heavy (non-hydrogen) atoms. The van der Waals surface area contributed by atoms with Gasteiger partial charge in [0.1, 0.15) is 12.4 Å². The molecule has 2 rings (SSSR count). The van der Waals surface area contributed by atoms with E-state index in [0.717, 1.165) is 36.9 Å². The molecule has 2 aromatic rings. The van der Waals surface area contributed by atoms with Crippen molar-refractivity contribution in [2.75, 3.05) is 19.7 Å². The Morgan fingerprint density at radius 2 is 2.08 bits per heavy atom.